The SMILES string of the molecule is COc1ccc(C(=O)/C=C/c2ccc(C(=O)N3CCN(Cc4ccccc4)C34COC4)cc2)cc1. The molecule has 2 aliphatic rings. The molecule has 2 aliphatic heterocycles. The third-order valence-electron chi connectivity index (χ3n) is 6.77. The van der Waals surface area contributed by atoms with Crippen LogP contribution in [-0.2, 0) is 11.3 Å². The molecule has 0 atom stereocenters. The molecule has 3 aromatic rings. The van der Waals surface area contributed by atoms with Crippen molar-refractivity contribution in [3.05, 3.63) is 107 Å². The van der Waals surface area contributed by atoms with Crippen molar-refractivity contribution < 1.29 is 19.1 Å². The van der Waals surface area contributed by atoms with Crippen LogP contribution in [0.1, 0.15) is 31.8 Å². The fourth-order valence-corrected chi connectivity index (χ4v) is 4.67. The van der Waals surface area contributed by atoms with E-state index in [2.05, 4.69) is 17.0 Å². The Balaban J connectivity index is 1.25. The topological polar surface area (TPSA) is 59.1 Å². The van der Waals surface area contributed by atoms with E-state index in [-0.39, 0.29) is 17.4 Å². The first kappa shape index (κ1) is 23.0. The molecule has 0 N–H and O–H groups in total. The zero-order chi connectivity index (χ0) is 24.3. The Bertz CT molecular complexity index is 1220. The number of ketones is 1. The Hall–Kier alpha value is -3.74. The number of ether oxygens (including phenoxy) is 2. The Morgan fingerprint density at radius 1 is 0.914 bits per heavy atom. The largest absolute Gasteiger partial charge is 0.497 e. The molecule has 0 aromatic heterocycles. The van der Waals surface area contributed by atoms with Gasteiger partial charge >= 0.3 is 0 Å². The minimum atomic E-state index is -0.379. The molecule has 2 fully saturated rings. The number of rotatable bonds is 7. The minimum absolute atomic E-state index is 0.00806. The molecule has 1 amide bonds. The monoisotopic (exact) mass is 468 g/mol. The molecule has 0 unspecified atom stereocenters. The van der Waals surface area contributed by atoms with Gasteiger partial charge in [-0.05, 0) is 53.6 Å². The van der Waals surface area contributed by atoms with Gasteiger partial charge in [0.15, 0.2) is 5.78 Å². The van der Waals surface area contributed by atoms with Crippen LogP contribution in [0.2, 0.25) is 0 Å². The molecule has 35 heavy (non-hydrogen) atoms. The second-order valence-corrected chi connectivity index (χ2v) is 8.89. The third-order valence-corrected chi connectivity index (χ3v) is 6.77. The van der Waals surface area contributed by atoms with Gasteiger partial charge in [-0.2, -0.15) is 0 Å². The summed E-state index contributed by atoms with van der Waals surface area (Å²) in [4.78, 5) is 30.2. The zero-order valence-electron chi connectivity index (χ0n) is 19.7. The van der Waals surface area contributed by atoms with E-state index in [1.54, 1.807) is 43.5 Å². The molecular weight excluding hydrogens is 440 g/mol. The maximum Gasteiger partial charge on any atom is 0.255 e. The first-order valence-electron chi connectivity index (χ1n) is 11.7. The number of hydrogen-bond donors (Lipinski definition) is 0. The van der Waals surface area contributed by atoms with E-state index in [9.17, 15) is 9.59 Å². The number of hydrogen-bond acceptors (Lipinski definition) is 5. The summed E-state index contributed by atoms with van der Waals surface area (Å²) >= 11 is 0. The summed E-state index contributed by atoms with van der Waals surface area (Å²) in [5.41, 5.74) is 2.94. The molecule has 0 radical (unpaired) electrons. The summed E-state index contributed by atoms with van der Waals surface area (Å²) in [6.07, 6.45) is 3.31. The molecular formula is C29H28N2O4. The van der Waals surface area contributed by atoms with E-state index >= 15 is 0 Å². The highest BCUT2D eigenvalue weighted by Crippen LogP contribution is 2.36. The van der Waals surface area contributed by atoms with Crippen molar-refractivity contribution in [2.75, 3.05) is 33.4 Å². The van der Waals surface area contributed by atoms with Crippen LogP contribution in [0.15, 0.2) is 84.9 Å². The van der Waals surface area contributed by atoms with Crippen molar-refractivity contribution in [1.29, 1.82) is 0 Å². The van der Waals surface area contributed by atoms with E-state index in [1.807, 2.05) is 47.4 Å². The van der Waals surface area contributed by atoms with Gasteiger partial charge < -0.3 is 14.4 Å². The molecule has 3 aromatic carbocycles. The third kappa shape index (κ3) is 4.63. The number of carbonyl (C=O) groups excluding carboxylic acids is 2. The fraction of sp³-hybridized carbons (Fsp3) is 0.241. The van der Waals surface area contributed by atoms with Crippen LogP contribution in [0.4, 0.5) is 0 Å². The number of allylic oxidation sites excluding steroid dienone is 1. The second-order valence-electron chi connectivity index (χ2n) is 8.89. The van der Waals surface area contributed by atoms with Crippen molar-refractivity contribution in [2.45, 2.75) is 12.2 Å². The maximum atomic E-state index is 13.4. The highest BCUT2D eigenvalue weighted by molar-refractivity contribution is 6.06. The Morgan fingerprint density at radius 2 is 1.60 bits per heavy atom. The van der Waals surface area contributed by atoms with Crippen LogP contribution in [0, 0.1) is 0 Å². The molecule has 5 rings (SSSR count). The van der Waals surface area contributed by atoms with Gasteiger partial charge in [-0.25, -0.2) is 0 Å². The van der Waals surface area contributed by atoms with Crippen LogP contribution in [0.5, 0.6) is 5.75 Å². The summed E-state index contributed by atoms with van der Waals surface area (Å²) < 4.78 is 10.7. The van der Waals surface area contributed by atoms with Gasteiger partial charge in [0.1, 0.15) is 11.4 Å². The van der Waals surface area contributed by atoms with Gasteiger partial charge in [-0.1, -0.05) is 48.5 Å². The van der Waals surface area contributed by atoms with E-state index in [4.69, 9.17) is 9.47 Å². The summed E-state index contributed by atoms with van der Waals surface area (Å²) in [6.45, 7) is 3.34. The van der Waals surface area contributed by atoms with Gasteiger partial charge in [0.05, 0.1) is 20.3 Å². The molecule has 178 valence electrons. The average Bonchev–Trinajstić information content (AvgIpc) is 3.27. The number of amides is 1. The number of carbonyl (C=O) groups is 2. The lowest BCUT2D eigenvalue weighted by Gasteiger charge is -2.49. The Labute approximate surface area is 205 Å². The normalized spacial score (nSPS) is 17.0. The van der Waals surface area contributed by atoms with Gasteiger partial charge in [-0.15, -0.1) is 0 Å². The predicted molar refractivity (Wildman–Crippen MR) is 134 cm³/mol. The van der Waals surface area contributed by atoms with Gasteiger partial charge in [0.2, 0.25) is 0 Å². The second kappa shape index (κ2) is 9.86. The van der Waals surface area contributed by atoms with E-state index in [0.717, 1.165) is 18.7 Å². The highest BCUT2D eigenvalue weighted by atomic mass is 16.5. The van der Waals surface area contributed by atoms with Crippen LogP contribution in [-0.4, -0.2) is 60.6 Å². The molecule has 2 heterocycles. The van der Waals surface area contributed by atoms with Crippen molar-refractivity contribution in [3.8, 4) is 5.75 Å². The van der Waals surface area contributed by atoms with E-state index in [1.165, 1.54) is 5.56 Å². The van der Waals surface area contributed by atoms with Crippen LogP contribution in [0.25, 0.3) is 6.08 Å². The zero-order valence-corrected chi connectivity index (χ0v) is 19.7. The predicted octanol–water partition coefficient (Wildman–Crippen LogP) is 4.28. The standard InChI is InChI=1S/C29H28N2O4/c1-34-26-14-12-24(13-15-26)27(32)16-9-22-7-10-25(11-8-22)28(33)31-18-17-30(29(31)20-35-21-29)19-23-5-3-2-4-6-23/h2-16H,17-21H2,1H3/b16-9+. The molecule has 0 bridgehead atoms. The smallest absolute Gasteiger partial charge is 0.255 e. The quantitative estimate of drug-likeness (QED) is 0.383. The minimum Gasteiger partial charge on any atom is -0.497 e. The number of nitrogens with zero attached hydrogens (tertiary/aromatic N) is 2. The summed E-state index contributed by atoms with van der Waals surface area (Å²) in [5, 5.41) is 0. The van der Waals surface area contributed by atoms with Gasteiger partial charge in [0.25, 0.3) is 5.91 Å². The van der Waals surface area contributed by atoms with Gasteiger partial charge in [-0.3, -0.25) is 14.5 Å². The Morgan fingerprint density at radius 3 is 2.23 bits per heavy atom. The molecule has 6 heteroatoms. The Kier molecular flexibility index (Phi) is 6.49. The molecule has 1 spiro atoms. The average molecular weight is 469 g/mol. The first-order valence-corrected chi connectivity index (χ1v) is 11.7. The van der Waals surface area contributed by atoms with Crippen molar-refractivity contribution in [2.24, 2.45) is 0 Å². The van der Waals surface area contributed by atoms with Crippen LogP contribution in [0.3, 0.4) is 0 Å². The van der Waals surface area contributed by atoms with E-state index < -0.39 is 0 Å². The molecule has 2 saturated heterocycles. The molecule has 0 aliphatic carbocycles. The first-order chi connectivity index (χ1) is 17.1. The van der Waals surface area contributed by atoms with Crippen molar-refractivity contribution >= 4 is 17.8 Å². The highest BCUT2D eigenvalue weighted by Gasteiger charge is 2.54. The molecule has 6 nitrogen and oxygen atoms in total. The maximum absolute atomic E-state index is 13.4. The lowest BCUT2D eigenvalue weighted by molar-refractivity contribution is -0.176. The lowest BCUT2D eigenvalue weighted by atomic mass is 10.0. The van der Waals surface area contributed by atoms with E-state index in [0.29, 0.717) is 36.6 Å². The van der Waals surface area contributed by atoms with Crippen molar-refractivity contribution in [3.63, 3.8) is 0 Å². The van der Waals surface area contributed by atoms with Crippen molar-refractivity contribution in [1.82, 2.24) is 9.80 Å². The molecule has 0 saturated carbocycles. The van der Waals surface area contributed by atoms with Gasteiger partial charge in [0, 0.05) is 30.8 Å². The van der Waals surface area contributed by atoms with Crippen LogP contribution < -0.4 is 4.74 Å². The summed E-state index contributed by atoms with van der Waals surface area (Å²) in [5.74, 6) is 0.631. The fourth-order valence-electron chi connectivity index (χ4n) is 4.67. The summed E-state index contributed by atoms with van der Waals surface area (Å²) in [6, 6.07) is 24.7. The number of benzene rings is 3. The van der Waals surface area contributed by atoms with Crippen LogP contribution >= 0.6 is 0 Å². The summed E-state index contributed by atoms with van der Waals surface area (Å²) in [7, 11) is 1.59. The number of methoxy groups -OCH3 is 1. The lowest BCUT2D eigenvalue weighted by Crippen LogP contribution is -2.67.